The molecule has 0 atom stereocenters. The Morgan fingerprint density at radius 1 is 0.962 bits per heavy atom. The summed E-state index contributed by atoms with van der Waals surface area (Å²) in [6, 6.07) is 5.99. The molecule has 1 aromatic heterocycles. The third kappa shape index (κ3) is 3.98. The summed E-state index contributed by atoms with van der Waals surface area (Å²) < 4.78 is 0. The van der Waals surface area contributed by atoms with E-state index in [1.807, 2.05) is 48.2 Å². The van der Waals surface area contributed by atoms with Gasteiger partial charge in [0.25, 0.3) is 5.91 Å². The highest BCUT2D eigenvalue weighted by molar-refractivity contribution is 5.96. The maximum atomic E-state index is 13.0. The molecule has 0 saturated carbocycles. The van der Waals surface area contributed by atoms with E-state index in [0.29, 0.717) is 32.6 Å². The van der Waals surface area contributed by atoms with Gasteiger partial charge in [0.2, 0.25) is 5.91 Å². The molecule has 26 heavy (non-hydrogen) atoms. The molecule has 5 heteroatoms. The molecule has 2 aromatic rings. The van der Waals surface area contributed by atoms with Crippen LogP contribution in [0.4, 0.5) is 0 Å². The van der Waals surface area contributed by atoms with Gasteiger partial charge in [0.05, 0.1) is 6.42 Å². The van der Waals surface area contributed by atoms with Crippen LogP contribution < -0.4 is 0 Å². The van der Waals surface area contributed by atoms with Gasteiger partial charge in [-0.2, -0.15) is 0 Å². The second kappa shape index (κ2) is 7.77. The zero-order valence-corrected chi connectivity index (χ0v) is 15.8. The van der Waals surface area contributed by atoms with Gasteiger partial charge < -0.3 is 14.8 Å². The van der Waals surface area contributed by atoms with Crippen molar-refractivity contribution in [3.63, 3.8) is 0 Å². The molecule has 1 N–H and O–H groups in total. The first-order valence-electron chi connectivity index (χ1n) is 9.22. The minimum Gasteiger partial charge on any atom is -0.367 e. The molecule has 1 aliphatic heterocycles. The molecule has 0 spiro atoms. The van der Waals surface area contributed by atoms with Crippen molar-refractivity contribution >= 4 is 11.8 Å². The SMILES string of the molecule is Cc1cc(C)c(C(=O)N2CCCN(C(=O)Cc3cc[nH]c3)CC2)cc1C. The van der Waals surface area contributed by atoms with Crippen LogP contribution in [0.15, 0.2) is 30.6 Å². The van der Waals surface area contributed by atoms with Gasteiger partial charge in [0, 0.05) is 44.1 Å². The molecule has 0 bridgehead atoms. The van der Waals surface area contributed by atoms with Crippen molar-refractivity contribution in [2.45, 2.75) is 33.6 Å². The smallest absolute Gasteiger partial charge is 0.254 e. The van der Waals surface area contributed by atoms with E-state index in [0.717, 1.165) is 28.7 Å². The van der Waals surface area contributed by atoms with E-state index in [9.17, 15) is 9.59 Å². The predicted octanol–water partition coefficient (Wildman–Crippen LogP) is 2.86. The zero-order chi connectivity index (χ0) is 18.7. The maximum Gasteiger partial charge on any atom is 0.254 e. The number of H-pyrrole nitrogens is 1. The van der Waals surface area contributed by atoms with E-state index in [1.165, 1.54) is 5.56 Å². The minimum atomic E-state index is 0.0746. The number of hydrogen-bond acceptors (Lipinski definition) is 2. The van der Waals surface area contributed by atoms with E-state index in [2.05, 4.69) is 18.0 Å². The maximum absolute atomic E-state index is 13.0. The fraction of sp³-hybridized carbons (Fsp3) is 0.429. The summed E-state index contributed by atoms with van der Waals surface area (Å²) >= 11 is 0. The summed E-state index contributed by atoms with van der Waals surface area (Å²) in [5, 5.41) is 0. The molecule has 2 heterocycles. The number of nitrogens with one attached hydrogen (secondary N) is 1. The van der Waals surface area contributed by atoms with E-state index in [-0.39, 0.29) is 11.8 Å². The van der Waals surface area contributed by atoms with E-state index in [1.54, 1.807) is 0 Å². The Bertz CT molecular complexity index is 796. The Hall–Kier alpha value is -2.56. The highest BCUT2D eigenvalue weighted by Crippen LogP contribution is 2.18. The van der Waals surface area contributed by atoms with Crippen LogP contribution >= 0.6 is 0 Å². The van der Waals surface area contributed by atoms with E-state index >= 15 is 0 Å². The quantitative estimate of drug-likeness (QED) is 0.922. The minimum absolute atomic E-state index is 0.0746. The van der Waals surface area contributed by atoms with Gasteiger partial charge in [0.15, 0.2) is 0 Å². The summed E-state index contributed by atoms with van der Waals surface area (Å²) in [6.45, 7) is 8.68. The van der Waals surface area contributed by atoms with Gasteiger partial charge >= 0.3 is 0 Å². The zero-order valence-electron chi connectivity index (χ0n) is 15.8. The third-order valence-corrected chi connectivity index (χ3v) is 5.22. The molecule has 1 saturated heterocycles. The van der Waals surface area contributed by atoms with Gasteiger partial charge in [-0.25, -0.2) is 0 Å². The van der Waals surface area contributed by atoms with Crippen LogP contribution in [0.5, 0.6) is 0 Å². The highest BCUT2D eigenvalue weighted by atomic mass is 16.2. The van der Waals surface area contributed by atoms with Crippen molar-refractivity contribution in [2.75, 3.05) is 26.2 Å². The average Bonchev–Trinajstić information content (AvgIpc) is 2.98. The summed E-state index contributed by atoms with van der Waals surface area (Å²) in [4.78, 5) is 32.3. The Labute approximate surface area is 155 Å². The number of aromatic amines is 1. The molecule has 0 radical (unpaired) electrons. The van der Waals surface area contributed by atoms with Gasteiger partial charge in [-0.15, -0.1) is 0 Å². The first-order valence-corrected chi connectivity index (χ1v) is 9.22. The number of carbonyl (C=O) groups excluding carboxylic acids is 2. The van der Waals surface area contributed by atoms with Crippen LogP contribution in [0, 0.1) is 20.8 Å². The molecular formula is C21H27N3O2. The number of amides is 2. The van der Waals surface area contributed by atoms with Gasteiger partial charge in [-0.05, 0) is 61.6 Å². The lowest BCUT2D eigenvalue weighted by Gasteiger charge is -2.23. The number of aromatic nitrogens is 1. The summed E-state index contributed by atoms with van der Waals surface area (Å²) in [7, 11) is 0. The summed E-state index contributed by atoms with van der Waals surface area (Å²) in [6.07, 6.45) is 4.91. The monoisotopic (exact) mass is 353 g/mol. The topological polar surface area (TPSA) is 56.4 Å². The molecule has 5 nitrogen and oxygen atoms in total. The molecule has 0 unspecified atom stereocenters. The van der Waals surface area contributed by atoms with Crippen molar-refractivity contribution in [3.05, 3.63) is 58.4 Å². The molecule has 2 amide bonds. The normalized spacial score (nSPS) is 15.0. The fourth-order valence-corrected chi connectivity index (χ4v) is 3.49. The van der Waals surface area contributed by atoms with E-state index < -0.39 is 0 Å². The Kier molecular flexibility index (Phi) is 5.45. The van der Waals surface area contributed by atoms with Crippen molar-refractivity contribution in [1.82, 2.24) is 14.8 Å². The Balaban J connectivity index is 1.65. The van der Waals surface area contributed by atoms with Crippen LogP contribution in [0.3, 0.4) is 0 Å². The third-order valence-electron chi connectivity index (χ3n) is 5.22. The molecular weight excluding hydrogens is 326 g/mol. The van der Waals surface area contributed by atoms with Crippen molar-refractivity contribution < 1.29 is 9.59 Å². The average molecular weight is 353 g/mol. The lowest BCUT2D eigenvalue weighted by Crippen LogP contribution is -2.38. The number of aryl methyl sites for hydroxylation is 3. The Morgan fingerprint density at radius 2 is 1.65 bits per heavy atom. The van der Waals surface area contributed by atoms with Gasteiger partial charge in [0.1, 0.15) is 0 Å². The molecule has 138 valence electrons. The summed E-state index contributed by atoms with van der Waals surface area (Å²) in [5.41, 5.74) is 5.13. The number of benzene rings is 1. The molecule has 1 aromatic carbocycles. The van der Waals surface area contributed by atoms with Crippen molar-refractivity contribution in [1.29, 1.82) is 0 Å². The largest absolute Gasteiger partial charge is 0.367 e. The fourth-order valence-electron chi connectivity index (χ4n) is 3.49. The van der Waals surface area contributed by atoms with Crippen LogP contribution in [0.25, 0.3) is 0 Å². The van der Waals surface area contributed by atoms with Crippen molar-refractivity contribution in [3.8, 4) is 0 Å². The van der Waals surface area contributed by atoms with Gasteiger partial charge in [-0.3, -0.25) is 9.59 Å². The molecule has 1 aliphatic rings. The van der Waals surface area contributed by atoms with Crippen LogP contribution in [0.1, 0.15) is 39.0 Å². The molecule has 3 rings (SSSR count). The molecule has 1 fully saturated rings. The first kappa shape index (κ1) is 18.2. The first-order chi connectivity index (χ1) is 12.5. The van der Waals surface area contributed by atoms with Crippen LogP contribution in [0.2, 0.25) is 0 Å². The number of carbonyl (C=O) groups is 2. The number of hydrogen-bond donors (Lipinski definition) is 1. The summed E-state index contributed by atoms with van der Waals surface area (Å²) in [5.74, 6) is 0.201. The lowest BCUT2D eigenvalue weighted by molar-refractivity contribution is -0.130. The lowest BCUT2D eigenvalue weighted by atomic mass is 10.00. The van der Waals surface area contributed by atoms with Crippen molar-refractivity contribution in [2.24, 2.45) is 0 Å². The molecule has 0 aliphatic carbocycles. The second-order valence-corrected chi connectivity index (χ2v) is 7.17. The van der Waals surface area contributed by atoms with Gasteiger partial charge in [-0.1, -0.05) is 6.07 Å². The predicted molar refractivity (Wildman–Crippen MR) is 102 cm³/mol. The van der Waals surface area contributed by atoms with Crippen LogP contribution in [-0.4, -0.2) is 52.8 Å². The highest BCUT2D eigenvalue weighted by Gasteiger charge is 2.24. The van der Waals surface area contributed by atoms with Crippen LogP contribution in [-0.2, 0) is 11.2 Å². The standard InChI is InChI=1S/C21H27N3O2/c1-15-11-17(3)19(12-16(15)2)21(26)24-8-4-7-23(9-10-24)20(25)13-18-5-6-22-14-18/h5-6,11-12,14,22H,4,7-10,13H2,1-3H3. The number of nitrogens with zero attached hydrogens (tertiary/aromatic N) is 2. The second-order valence-electron chi connectivity index (χ2n) is 7.17. The van der Waals surface area contributed by atoms with E-state index in [4.69, 9.17) is 0 Å². The number of rotatable bonds is 3. The Morgan fingerprint density at radius 3 is 2.38 bits per heavy atom.